The molecule has 1 fully saturated rings. The van der Waals surface area contributed by atoms with Crippen LogP contribution in [0.2, 0.25) is 0 Å². The number of nitrogens with two attached hydrogens (primary N) is 1. The Balaban J connectivity index is 1.82. The summed E-state index contributed by atoms with van der Waals surface area (Å²) >= 11 is 1.62. The van der Waals surface area contributed by atoms with Gasteiger partial charge in [-0.05, 0) is 35.2 Å². The summed E-state index contributed by atoms with van der Waals surface area (Å²) in [6.45, 7) is 0. The molecule has 88 valence electrons. The summed E-state index contributed by atoms with van der Waals surface area (Å²) in [5.41, 5.74) is 7.08. The van der Waals surface area contributed by atoms with E-state index < -0.39 is 0 Å². The van der Waals surface area contributed by atoms with Gasteiger partial charge in [-0.2, -0.15) is 11.3 Å². The maximum absolute atomic E-state index is 11.8. The Morgan fingerprint density at radius 2 is 2.31 bits per heavy atom. The Morgan fingerprint density at radius 3 is 3.00 bits per heavy atom. The van der Waals surface area contributed by atoms with Crippen LogP contribution in [-0.4, -0.2) is 18.0 Å². The van der Waals surface area contributed by atoms with E-state index in [9.17, 15) is 4.79 Å². The molecule has 1 aliphatic rings. The normalized spacial score (nSPS) is 25.3. The van der Waals surface area contributed by atoms with Crippen LogP contribution < -0.4 is 11.1 Å². The average Bonchev–Trinajstić information content (AvgIpc) is 2.74. The number of hydrogen-bond donors (Lipinski definition) is 2. The highest BCUT2D eigenvalue weighted by molar-refractivity contribution is 7.07. The zero-order valence-corrected chi connectivity index (χ0v) is 10.1. The summed E-state index contributed by atoms with van der Waals surface area (Å²) in [7, 11) is 0. The van der Waals surface area contributed by atoms with E-state index in [0.29, 0.717) is 6.42 Å². The van der Waals surface area contributed by atoms with Crippen LogP contribution in [0.3, 0.4) is 0 Å². The molecule has 1 amide bonds. The smallest absolute Gasteiger partial charge is 0.224 e. The van der Waals surface area contributed by atoms with Crippen molar-refractivity contribution in [1.82, 2.24) is 5.32 Å². The number of amides is 1. The fraction of sp³-hybridized carbons (Fsp3) is 0.583. The van der Waals surface area contributed by atoms with E-state index in [0.717, 1.165) is 18.4 Å². The third-order valence-electron chi connectivity index (χ3n) is 3.11. The first kappa shape index (κ1) is 11.6. The average molecular weight is 238 g/mol. The highest BCUT2D eigenvalue weighted by Crippen LogP contribution is 2.17. The molecule has 2 rings (SSSR count). The third-order valence-corrected chi connectivity index (χ3v) is 3.84. The Kier molecular flexibility index (Phi) is 3.96. The van der Waals surface area contributed by atoms with Crippen LogP contribution in [0.15, 0.2) is 16.8 Å². The molecule has 1 heterocycles. The summed E-state index contributed by atoms with van der Waals surface area (Å²) in [4.78, 5) is 11.8. The molecule has 4 heteroatoms. The molecule has 0 aromatic carbocycles. The minimum Gasteiger partial charge on any atom is -0.352 e. The van der Waals surface area contributed by atoms with E-state index in [1.807, 2.05) is 16.8 Å². The zero-order valence-electron chi connectivity index (χ0n) is 9.32. The van der Waals surface area contributed by atoms with Gasteiger partial charge in [0, 0.05) is 12.1 Å². The second kappa shape index (κ2) is 5.46. The summed E-state index contributed by atoms with van der Waals surface area (Å²) in [5.74, 6) is 0.0979. The van der Waals surface area contributed by atoms with E-state index in [2.05, 4.69) is 5.32 Å². The Morgan fingerprint density at radius 1 is 1.50 bits per heavy atom. The lowest BCUT2D eigenvalue weighted by Crippen LogP contribution is -2.49. The van der Waals surface area contributed by atoms with Crippen LogP contribution in [0.25, 0.3) is 0 Å². The lowest BCUT2D eigenvalue weighted by Gasteiger charge is -2.29. The highest BCUT2D eigenvalue weighted by atomic mass is 32.1. The van der Waals surface area contributed by atoms with Crippen LogP contribution in [0.5, 0.6) is 0 Å². The van der Waals surface area contributed by atoms with Crippen molar-refractivity contribution in [3.05, 3.63) is 22.4 Å². The lowest BCUT2D eigenvalue weighted by atomic mass is 9.91. The Bertz CT molecular complexity index is 337. The van der Waals surface area contributed by atoms with Gasteiger partial charge in [-0.3, -0.25) is 4.79 Å². The summed E-state index contributed by atoms with van der Waals surface area (Å²) in [6.07, 6.45) is 4.90. The molecule has 0 unspecified atom stereocenters. The summed E-state index contributed by atoms with van der Waals surface area (Å²) < 4.78 is 0. The van der Waals surface area contributed by atoms with E-state index in [-0.39, 0.29) is 18.0 Å². The van der Waals surface area contributed by atoms with Crippen molar-refractivity contribution < 1.29 is 4.79 Å². The molecule has 0 spiro atoms. The van der Waals surface area contributed by atoms with Crippen LogP contribution in [0.4, 0.5) is 0 Å². The third kappa shape index (κ3) is 3.06. The van der Waals surface area contributed by atoms with Crippen molar-refractivity contribution in [3.8, 4) is 0 Å². The fourth-order valence-corrected chi connectivity index (χ4v) is 2.84. The first-order valence-corrected chi connectivity index (χ1v) is 6.76. The van der Waals surface area contributed by atoms with E-state index in [1.165, 1.54) is 12.8 Å². The highest BCUT2D eigenvalue weighted by Gasteiger charge is 2.23. The molecule has 3 nitrogen and oxygen atoms in total. The molecular weight excluding hydrogens is 220 g/mol. The number of rotatable bonds is 3. The van der Waals surface area contributed by atoms with Gasteiger partial charge in [0.15, 0.2) is 0 Å². The molecular formula is C12H18N2OS. The molecule has 0 aliphatic heterocycles. The predicted octanol–water partition coefficient (Wildman–Crippen LogP) is 1.68. The van der Waals surface area contributed by atoms with Crippen LogP contribution >= 0.6 is 11.3 Å². The first-order chi connectivity index (χ1) is 7.75. The lowest BCUT2D eigenvalue weighted by molar-refractivity contribution is -0.121. The van der Waals surface area contributed by atoms with Gasteiger partial charge in [0.05, 0.1) is 6.42 Å². The molecule has 0 saturated heterocycles. The van der Waals surface area contributed by atoms with Gasteiger partial charge in [-0.1, -0.05) is 12.8 Å². The van der Waals surface area contributed by atoms with Gasteiger partial charge in [0.2, 0.25) is 5.91 Å². The minimum absolute atomic E-state index is 0.0979. The minimum atomic E-state index is 0.0979. The number of carbonyl (C=O) groups excluding carboxylic acids is 1. The van der Waals surface area contributed by atoms with E-state index >= 15 is 0 Å². The Labute approximate surface area is 100 Å². The standard InChI is InChI=1S/C12H18N2OS/c13-10-3-1-2-4-11(10)14-12(15)7-9-5-6-16-8-9/h5-6,8,10-11H,1-4,7,13H2,(H,14,15)/t10-,11+/m1/s1. The predicted molar refractivity (Wildman–Crippen MR) is 66.4 cm³/mol. The monoisotopic (exact) mass is 238 g/mol. The van der Waals surface area contributed by atoms with E-state index in [4.69, 9.17) is 5.73 Å². The van der Waals surface area contributed by atoms with Gasteiger partial charge in [0.25, 0.3) is 0 Å². The molecule has 1 saturated carbocycles. The second-order valence-corrected chi connectivity index (χ2v) is 5.21. The Hall–Kier alpha value is -0.870. The van der Waals surface area contributed by atoms with Crippen LogP contribution in [0, 0.1) is 0 Å². The van der Waals surface area contributed by atoms with Gasteiger partial charge in [0.1, 0.15) is 0 Å². The first-order valence-electron chi connectivity index (χ1n) is 5.82. The van der Waals surface area contributed by atoms with Gasteiger partial charge < -0.3 is 11.1 Å². The van der Waals surface area contributed by atoms with Gasteiger partial charge >= 0.3 is 0 Å². The molecule has 2 atom stereocenters. The molecule has 1 aromatic rings. The molecule has 0 bridgehead atoms. The summed E-state index contributed by atoms with van der Waals surface area (Å²) in [5, 5.41) is 7.06. The maximum Gasteiger partial charge on any atom is 0.224 e. The van der Waals surface area contributed by atoms with Gasteiger partial charge in [-0.15, -0.1) is 0 Å². The van der Waals surface area contributed by atoms with Crippen molar-refractivity contribution in [3.63, 3.8) is 0 Å². The van der Waals surface area contributed by atoms with Crippen molar-refractivity contribution in [2.75, 3.05) is 0 Å². The molecule has 1 aliphatic carbocycles. The van der Waals surface area contributed by atoms with Crippen LogP contribution in [-0.2, 0) is 11.2 Å². The van der Waals surface area contributed by atoms with Crippen molar-refractivity contribution >= 4 is 17.2 Å². The molecule has 0 radical (unpaired) electrons. The second-order valence-electron chi connectivity index (χ2n) is 4.43. The molecule has 16 heavy (non-hydrogen) atoms. The van der Waals surface area contributed by atoms with E-state index in [1.54, 1.807) is 11.3 Å². The van der Waals surface area contributed by atoms with Crippen molar-refractivity contribution in [1.29, 1.82) is 0 Å². The number of nitrogens with one attached hydrogen (secondary N) is 1. The SMILES string of the molecule is N[C@@H]1CCCC[C@@H]1NC(=O)Cc1ccsc1. The molecule has 1 aromatic heterocycles. The largest absolute Gasteiger partial charge is 0.352 e. The van der Waals surface area contributed by atoms with Crippen LogP contribution in [0.1, 0.15) is 31.2 Å². The number of hydrogen-bond acceptors (Lipinski definition) is 3. The fourth-order valence-electron chi connectivity index (χ4n) is 2.18. The van der Waals surface area contributed by atoms with Crippen molar-refractivity contribution in [2.45, 2.75) is 44.2 Å². The van der Waals surface area contributed by atoms with Crippen molar-refractivity contribution in [2.24, 2.45) is 5.73 Å². The maximum atomic E-state index is 11.8. The molecule has 3 N–H and O–H groups in total. The number of thiophene rings is 1. The topological polar surface area (TPSA) is 55.1 Å². The summed E-state index contributed by atoms with van der Waals surface area (Å²) in [6, 6.07) is 2.31. The number of carbonyl (C=O) groups is 1. The zero-order chi connectivity index (χ0) is 11.4. The van der Waals surface area contributed by atoms with Gasteiger partial charge in [-0.25, -0.2) is 0 Å². The quantitative estimate of drug-likeness (QED) is 0.841.